The first-order chi connectivity index (χ1) is 16.5. The number of sulfonamides is 1. The van der Waals surface area contributed by atoms with Crippen molar-refractivity contribution in [2.24, 2.45) is 0 Å². The zero-order valence-corrected chi connectivity index (χ0v) is 20.1. The number of amides is 1. The number of likely N-dealkylation sites (tertiary alicyclic amines) is 1. The summed E-state index contributed by atoms with van der Waals surface area (Å²) in [5.41, 5.74) is 0. The van der Waals surface area contributed by atoms with Gasteiger partial charge in [0.1, 0.15) is 5.82 Å². The molecule has 1 saturated heterocycles. The number of carbonyl (C=O) groups excluding carboxylic acids is 1. The minimum absolute atomic E-state index is 0.0246. The Bertz CT molecular complexity index is 1150. The van der Waals surface area contributed by atoms with Gasteiger partial charge < -0.3 is 18.9 Å². The van der Waals surface area contributed by atoms with E-state index in [1.165, 1.54) is 18.6 Å². The lowest BCUT2D eigenvalue weighted by Gasteiger charge is -2.25. The summed E-state index contributed by atoms with van der Waals surface area (Å²) in [5, 5.41) is 8.82. The maximum atomic E-state index is 13.0. The second-order valence-electron chi connectivity index (χ2n) is 8.99. The van der Waals surface area contributed by atoms with E-state index in [0.717, 1.165) is 56.7 Å². The Morgan fingerprint density at radius 2 is 1.88 bits per heavy atom. The van der Waals surface area contributed by atoms with E-state index < -0.39 is 10.0 Å². The van der Waals surface area contributed by atoms with Crippen molar-refractivity contribution in [3.8, 4) is 11.5 Å². The van der Waals surface area contributed by atoms with E-state index in [9.17, 15) is 13.2 Å². The van der Waals surface area contributed by atoms with E-state index in [-0.39, 0.29) is 29.8 Å². The second kappa shape index (κ2) is 9.91. The van der Waals surface area contributed by atoms with Gasteiger partial charge in [-0.25, -0.2) is 13.1 Å². The van der Waals surface area contributed by atoms with Gasteiger partial charge in [0.25, 0.3) is 0 Å². The first-order valence-corrected chi connectivity index (χ1v) is 13.6. The number of rotatable bonds is 6. The third kappa shape index (κ3) is 4.76. The summed E-state index contributed by atoms with van der Waals surface area (Å²) in [5.74, 6) is 2.77. The van der Waals surface area contributed by atoms with E-state index in [4.69, 9.17) is 9.47 Å². The molecular formula is C23H31N5O5S. The lowest BCUT2D eigenvalue weighted by atomic mass is 10.2. The fourth-order valence-electron chi connectivity index (χ4n) is 4.92. The Morgan fingerprint density at radius 1 is 1.03 bits per heavy atom. The van der Waals surface area contributed by atoms with Crippen molar-refractivity contribution in [2.75, 3.05) is 26.3 Å². The van der Waals surface area contributed by atoms with Crippen LogP contribution >= 0.6 is 0 Å². The molecule has 0 spiro atoms. The molecule has 1 atom stereocenters. The molecule has 1 amide bonds. The van der Waals surface area contributed by atoms with Gasteiger partial charge in [-0.3, -0.25) is 4.79 Å². The molecule has 184 valence electrons. The first kappa shape index (κ1) is 23.1. The molecule has 4 heterocycles. The van der Waals surface area contributed by atoms with Crippen LogP contribution in [0, 0.1) is 0 Å². The molecule has 5 rings (SSSR count). The zero-order chi connectivity index (χ0) is 23.5. The lowest BCUT2D eigenvalue weighted by molar-refractivity contribution is -0.132. The van der Waals surface area contributed by atoms with Crippen LogP contribution in [0.1, 0.15) is 62.6 Å². The molecule has 34 heavy (non-hydrogen) atoms. The Hall–Kier alpha value is -2.66. The summed E-state index contributed by atoms with van der Waals surface area (Å²) in [4.78, 5) is 15.0. The van der Waals surface area contributed by atoms with Gasteiger partial charge in [-0.2, -0.15) is 0 Å². The van der Waals surface area contributed by atoms with Crippen molar-refractivity contribution in [1.29, 1.82) is 0 Å². The number of ether oxygens (including phenoxy) is 2. The van der Waals surface area contributed by atoms with Gasteiger partial charge in [0, 0.05) is 45.0 Å². The highest BCUT2D eigenvalue weighted by Gasteiger charge is 2.34. The van der Waals surface area contributed by atoms with Crippen LogP contribution in [-0.2, 0) is 27.8 Å². The zero-order valence-electron chi connectivity index (χ0n) is 19.2. The lowest BCUT2D eigenvalue weighted by Crippen LogP contribution is -2.35. The van der Waals surface area contributed by atoms with Crippen molar-refractivity contribution in [3.63, 3.8) is 0 Å². The van der Waals surface area contributed by atoms with Crippen LogP contribution in [0.3, 0.4) is 0 Å². The fourth-order valence-corrected chi connectivity index (χ4v) is 5.96. The van der Waals surface area contributed by atoms with Gasteiger partial charge in [-0.1, -0.05) is 6.42 Å². The molecule has 1 fully saturated rings. The smallest absolute Gasteiger partial charge is 0.240 e. The minimum Gasteiger partial charge on any atom is -0.490 e. The van der Waals surface area contributed by atoms with Gasteiger partial charge in [-0.05, 0) is 37.8 Å². The number of nitrogens with zero attached hydrogens (tertiary/aromatic N) is 4. The van der Waals surface area contributed by atoms with Gasteiger partial charge in [0.15, 0.2) is 17.3 Å². The maximum absolute atomic E-state index is 13.0. The summed E-state index contributed by atoms with van der Waals surface area (Å²) in [6, 6.07) is 4.48. The van der Waals surface area contributed by atoms with Crippen molar-refractivity contribution in [3.05, 3.63) is 29.8 Å². The van der Waals surface area contributed by atoms with Crippen LogP contribution in [-0.4, -0.2) is 60.3 Å². The molecule has 1 unspecified atom stereocenters. The van der Waals surface area contributed by atoms with Crippen LogP contribution in [0.2, 0.25) is 0 Å². The number of nitrogens with one attached hydrogen (secondary N) is 1. The predicted octanol–water partition coefficient (Wildman–Crippen LogP) is 2.20. The fraction of sp³-hybridized carbons (Fsp3) is 0.609. The molecule has 0 saturated carbocycles. The molecule has 3 aliphatic rings. The highest BCUT2D eigenvalue weighted by Crippen LogP contribution is 2.33. The highest BCUT2D eigenvalue weighted by atomic mass is 32.2. The maximum Gasteiger partial charge on any atom is 0.240 e. The van der Waals surface area contributed by atoms with Crippen LogP contribution in [0.25, 0.3) is 0 Å². The predicted molar refractivity (Wildman–Crippen MR) is 123 cm³/mol. The average molecular weight is 490 g/mol. The second-order valence-corrected chi connectivity index (χ2v) is 10.8. The molecule has 1 aromatic carbocycles. The highest BCUT2D eigenvalue weighted by molar-refractivity contribution is 7.89. The number of hydrogen-bond donors (Lipinski definition) is 1. The van der Waals surface area contributed by atoms with E-state index in [2.05, 4.69) is 19.5 Å². The quantitative estimate of drug-likeness (QED) is 0.661. The van der Waals surface area contributed by atoms with Gasteiger partial charge in [0.2, 0.25) is 15.9 Å². The normalized spacial score (nSPS) is 20.5. The molecule has 3 aliphatic heterocycles. The van der Waals surface area contributed by atoms with Crippen molar-refractivity contribution < 1.29 is 22.7 Å². The average Bonchev–Trinajstić information content (AvgIpc) is 3.30. The molecule has 0 radical (unpaired) electrons. The monoisotopic (exact) mass is 489 g/mol. The molecule has 1 N–H and O–H groups in total. The number of fused-ring (bicyclic) bond motifs is 2. The summed E-state index contributed by atoms with van der Waals surface area (Å²) in [6.45, 7) is 2.59. The van der Waals surface area contributed by atoms with Crippen LogP contribution in [0.5, 0.6) is 11.5 Å². The summed E-state index contributed by atoms with van der Waals surface area (Å²) < 4.78 is 41.5. The Morgan fingerprint density at radius 3 is 2.76 bits per heavy atom. The SMILES string of the molecule is O=C(CCNS(=O)(=O)c1ccc2c(c1)OCCCO2)N1CCCC1c1nnc2n1CCCCC2. The van der Waals surface area contributed by atoms with Gasteiger partial charge >= 0.3 is 0 Å². The van der Waals surface area contributed by atoms with Crippen molar-refractivity contribution in [2.45, 2.75) is 68.8 Å². The number of benzene rings is 1. The molecule has 2 aromatic rings. The Kier molecular flexibility index (Phi) is 6.73. The Balaban J connectivity index is 1.21. The van der Waals surface area contributed by atoms with Crippen molar-refractivity contribution in [1.82, 2.24) is 24.4 Å². The summed E-state index contributed by atoms with van der Waals surface area (Å²) in [7, 11) is -3.78. The molecule has 11 heteroatoms. The molecular weight excluding hydrogens is 458 g/mol. The first-order valence-electron chi connectivity index (χ1n) is 12.1. The van der Waals surface area contributed by atoms with E-state index in [1.807, 2.05) is 4.90 Å². The van der Waals surface area contributed by atoms with E-state index in [0.29, 0.717) is 31.3 Å². The number of hydrogen-bond acceptors (Lipinski definition) is 7. The Labute approximate surface area is 199 Å². The number of aryl methyl sites for hydroxylation is 1. The number of carbonyl (C=O) groups is 1. The topological polar surface area (TPSA) is 116 Å². The van der Waals surface area contributed by atoms with Crippen LogP contribution < -0.4 is 14.2 Å². The summed E-state index contributed by atoms with van der Waals surface area (Å²) in [6.07, 6.45) is 6.91. The van der Waals surface area contributed by atoms with Crippen molar-refractivity contribution >= 4 is 15.9 Å². The third-order valence-corrected chi connectivity index (χ3v) is 8.13. The van der Waals surface area contributed by atoms with E-state index >= 15 is 0 Å². The standard InChI is InChI=1S/C23H31N5O5S/c29-22(27-13-4-6-18(27)23-26-25-21-7-2-1-3-12-28(21)23)10-11-24-34(30,31)17-8-9-19-20(16-17)33-15-5-14-32-19/h8-9,16,18,24H,1-7,10-15H2. The summed E-state index contributed by atoms with van der Waals surface area (Å²) >= 11 is 0. The number of aromatic nitrogens is 3. The minimum atomic E-state index is -3.78. The van der Waals surface area contributed by atoms with Crippen LogP contribution in [0.15, 0.2) is 23.1 Å². The van der Waals surface area contributed by atoms with Gasteiger partial charge in [0.05, 0.1) is 24.2 Å². The van der Waals surface area contributed by atoms with E-state index in [1.54, 1.807) is 6.07 Å². The molecule has 0 aliphatic carbocycles. The van der Waals surface area contributed by atoms with Crippen LogP contribution in [0.4, 0.5) is 0 Å². The largest absolute Gasteiger partial charge is 0.490 e. The third-order valence-electron chi connectivity index (χ3n) is 6.67. The van der Waals surface area contributed by atoms with Gasteiger partial charge in [-0.15, -0.1) is 10.2 Å². The molecule has 10 nitrogen and oxygen atoms in total. The molecule has 0 bridgehead atoms. The molecule has 1 aromatic heterocycles.